The maximum atomic E-state index is 3.33. The lowest BCUT2D eigenvalue weighted by Gasteiger charge is -2.30. The highest BCUT2D eigenvalue weighted by Gasteiger charge is 2.33. The summed E-state index contributed by atoms with van der Waals surface area (Å²) in [5, 5.41) is 3.33. The van der Waals surface area contributed by atoms with Crippen molar-refractivity contribution in [1.29, 1.82) is 0 Å². The molecule has 14 heavy (non-hydrogen) atoms. The number of likely N-dealkylation sites (tertiary alicyclic amines) is 1. The van der Waals surface area contributed by atoms with Crippen LogP contribution in [-0.2, 0) is 0 Å². The molecule has 1 saturated heterocycles. The highest BCUT2D eigenvalue weighted by atomic mass is 15.2. The van der Waals surface area contributed by atoms with Crippen LogP contribution in [0.3, 0.4) is 0 Å². The highest BCUT2D eigenvalue weighted by Crippen LogP contribution is 2.32. The highest BCUT2D eigenvalue weighted by molar-refractivity contribution is 4.89. The fraction of sp³-hybridized carbons (Fsp3) is 1.00. The minimum atomic E-state index is 0.829. The van der Waals surface area contributed by atoms with Crippen molar-refractivity contribution < 1.29 is 0 Å². The van der Waals surface area contributed by atoms with Gasteiger partial charge in [-0.2, -0.15) is 0 Å². The average Bonchev–Trinajstić information content (AvgIpc) is 2.74. The molecule has 2 fully saturated rings. The summed E-state index contributed by atoms with van der Waals surface area (Å²) in [7, 11) is 2.08. The summed E-state index contributed by atoms with van der Waals surface area (Å²) in [4.78, 5) is 2.78. The minimum Gasteiger partial charge on any atom is -0.318 e. The predicted octanol–water partition coefficient (Wildman–Crippen LogP) is 1.86. The maximum Gasteiger partial charge on any atom is 0.0223 e. The van der Waals surface area contributed by atoms with Gasteiger partial charge >= 0.3 is 0 Å². The van der Waals surface area contributed by atoms with Crippen LogP contribution < -0.4 is 5.32 Å². The van der Waals surface area contributed by atoms with Gasteiger partial charge in [0.05, 0.1) is 0 Å². The Morgan fingerprint density at radius 2 is 2.14 bits per heavy atom. The lowest BCUT2D eigenvalue weighted by molar-refractivity contribution is 0.177. The zero-order chi connectivity index (χ0) is 9.97. The molecule has 82 valence electrons. The number of hydrogen-bond acceptors (Lipinski definition) is 2. The molecule has 1 heterocycles. The van der Waals surface area contributed by atoms with Gasteiger partial charge < -0.3 is 5.32 Å². The van der Waals surface area contributed by atoms with E-state index in [0.717, 1.165) is 18.0 Å². The summed E-state index contributed by atoms with van der Waals surface area (Å²) in [5.41, 5.74) is 0. The van der Waals surface area contributed by atoms with Crippen LogP contribution in [0, 0.1) is 5.92 Å². The van der Waals surface area contributed by atoms with Crippen LogP contribution in [-0.4, -0.2) is 37.1 Å². The molecule has 0 spiro atoms. The molecule has 0 amide bonds. The first-order valence-corrected chi connectivity index (χ1v) is 6.21. The summed E-state index contributed by atoms with van der Waals surface area (Å²) >= 11 is 0. The Balaban J connectivity index is 1.89. The first-order valence-electron chi connectivity index (χ1n) is 6.21. The van der Waals surface area contributed by atoms with Crippen LogP contribution in [0.2, 0.25) is 0 Å². The molecule has 0 aromatic heterocycles. The van der Waals surface area contributed by atoms with E-state index in [2.05, 4.69) is 24.2 Å². The molecule has 1 saturated carbocycles. The van der Waals surface area contributed by atoms with Crippen molar-refractivity contribution in [2.45, 2.75) is 51.1 Å². The second kappa shape index (κ2) is 4.63. The third kappa shape index (κ3) is 2.12. The van der Waals surface area contributed by atoms with Crippen molar-refractivity contribution >= 4 is 0 Å². The Kier molecular flexibility index (Phi) is 3.45. The molecule has 2 rings (SSSR count). The molecule has 1 aliphatic heterocycles. The van der Waals surface area contributed by atoms with Gasteiger partial charge in [-0.1, -0.05) is 6.92 Å². The summed E-state index contributed by atoms with van der Waals surface area (Å²) < 4.78 is 0. The standard InChI is InChI=1S/C12H24N2/c1-10-5-6-11(8-10)14-7-3-4-12(14)9-13-2/h10-13H,3-9H2,1-2H3. The van der Waals surface area contributed by atoms with Crippen molar-refractivity contribution in [3.63, 3.8) is 0 Å². The molecule has 0 aromatic carbocycles. The van der Waals surface area contributed by atoms with Crippen LogP contribution in [0.4, 0.5) is 0 Å². The van der Waals surface area contributed by atoms with Gasteiger partial charge in [0.25, 0.3) is 0 Å². The molecule has 2 aliphatic rings. The first kappa shape index (κ1) is 10.4. The Hall–Kier alpha value is -0.0800. The summed E-state index contributed by atoms with van der Waals surface area (Å²) in [5.74, 6) is 0.968. The number of nitrogens with zero attached hydrogens (tertiary/aromatic N) is 1. The third-order valence-corrected chi connectivity index (χ3v) is 4.00. The van der Waals surface area contributed by atoms with E-state index in [-0.39, 0.29) is 0 Å². The van der Waals surface area contributed by atoms with Gasteiger partial charge in [-0.3, -0.25) is 4.90 Å². The van der Waals surface area contributed by atoms with Crippen LogP contribution in [0.15, 0.2) is 0 Å². The van der Waals surface area contributed by atoms with Crippen LogP contribution in [0.5, 0.6) is 0 Å². The van der Waals surface area contributed by atoms with Crippen LogP contribution in [0.25, 0.3) is 0 Å². The molecule has 3 unspecified atom stereocenters. The average molecular weight is 196 g/mol. The molecule has 0 bridgehead atoms. The Bertz CT molecular complexity index is 181. The minimum absolute atomic E-state index is 0.829. The largest absolute Gasteiger partial charge is 0.318 e. The van der Waals surface area contributed by atoms with Crippen molar-refractivity contribution in [3.05, 3.63) is 0 Å². The topological polar surface area (TPSA) is 15.3 Å². The number of hydrogen-bond donors (Lipinski definition) is 1. The molecule has 2 nitrogen and oxygen atoms in total. The Morgan fingerprint density at radius 3 is 2.79 bits per heavy atom. The molecule has 2 heteroatoms. The van der Waals surface area contributed by atoms with Crippen molar-refractivity contribution in [1.82, 2.24) is 10.2 Å². The van der Waals surface area contributed by atoms with E-state index in [4.69, 9.17) is 0 Å². The van der Waals surface area contributed by atoms with E-state index in [0.29, 0.717) is 0 Å². The lowest BCUT2D eigenvalue weighted by Crippen LogP contribution is -2.42. The van der Waals surface area contributed by atoms with Crippen molar-refractivity contribution in [3.8, 4) is 0 Å². The second-order valence-corrected chi connectivity index (χ2v) is 5.16. The Morgan fingerprint density at radius 1 is 1.29 bits per heavy atom. The lowest BCUT2D eigenvalue weighted by atomic mass is 10.1. The molecule has 0 aromatic rings. The molecule has 0 radical (unpaired) electrons. The van der Waals surface area contributed by atoms with E-state index in [1.54, 1.807) is 0 Å². The zero-order valence-electron chi connectivity index (χ0n) is 9.63. The monoisotopic (exact) mass is 196 g/mol. The normalized spacial score (nSPS) is 39.4. The van der Waals surface area contributed by atoms with E-state index < -0.39 is 0 Å². The van der Waals surface area contributed by atoms with Gasteiger partial charge in [0.1, 0.15) is 0 Å². The quantitative estimate of drug-likeness (QED) is 0.741. The van der Waals surface area contributed by atoms with Crippen molar-refractivity contribution in [2.75, 3.05) is 20.1 Å². The molecule has 1 N–H and O–H groups in total. The number of nitrogens with one attached hydrogen (secondary N) is 1. The molecule has 1 aliphatic carbocycles. The van der Waals surface area contributed by atoms with Crippen LogP contribution in [0.1, 0.15) is 39.0 Å². The molecule has 3 atom stereocenters. The summed E-state index contributed by atoms with van der Waals surface area (Å²) in [6.07, 6.45) is 7.16. The van der Waals surface area contributed by atoms with E-state index in [9.17, 15) is 0 Å². The summed E-state index contributed by atoms with van der Waals surface area (Å²) in [6.45, 7) is 4.94. The van der Waals surface area contributed by atoms with Gasteiger partial charge in [-0.15, -0.1) is 0 Å². The van der Waals surface area contributed by atoms with Gasteiger partial charge in [-0.25, -0.2) is 0 Å². The Labute approximate surface area is 88.1 Å². The van der Waals surface area contributed by atoms with Crippen LogP contribution >= 0.6 is 0 Å². The van der Waals surface area contributed by atoms with Gasteiger partial charge in [-0.05, 0) is 51.6 Å². The smallest absolute Gasteiger partial charge is 0.0223 e. The number of rotatable bonds is 3. The first-order chi connectivity index (χ1) is 6.81. The number of likely N-dealkylation sites (N-methyl/N-ethyl adjacent to an activating group) is 1. The van der Waals surface area contributed by atoms with E-state index in [1.165, 1.54) is 45.2 Å². The van der Waals surface area contributed by atoms with E-state index in [1.807, 2.05) is 0 Å². The third-order valence-electron chi connectivity index (χ3n) is 4.00. The second-order valence-electron chi connectivity index (χ2n) is 5.16. The fourth-order valence-electron chi connectivity index (χ4n) is 3.27. The van der Waals surface area contributed by atoms with E-state index >= 15 is 0 Å². The molecular weight excluding hydrogens is 172 g/mol. The predicted molar refractivity (Wildman–Crippen MR) is 60.5 cm³/mol. The molecular formula is C12H24N2. The van der Waals surface area contributed by atoms with Gasteiger partial charge in [0.2, 0.25) is 0 Å². The van der Waals surface area contributed by atoms with Crippen molar-refractivity contribution in [2.24, 2.45) is 5.92 Å². The SMILES string of the molecule is CNCC1CCCN1C1CCC(C)C1. The van der Waals surface area contributed by atoms with Gasteiger partial charge in [0, 0.05) is 18.6 Å². The van der Waals surface area contributed by atoms with Gasteiger partial charge in [0.15, 0.2) is 0 Å². The summed E-state index contributed by atoms with van der Waals surface area (Å²) in [6, 6.07) is 1.74. The zero-order valence-corrected chi connectivity index (χ0v) is 9.63. The fourth-order valence-corrected chi connectivity index (χ4v) is 3.27. The maximum absolute atomic E-state index is 3.33.